The zero-order valence-electron chi connectivity index (χ0n) is 14.0. The number of nitriles is 1. The van der Waals surface area contributed by atoms with Gasteiger partial charge in [-0.15, -0.1) is 0 Å². The molecule has 0 radical (unpaired) electrons. The topological polar surface area (TPSA) is 44.0 Å². The summed E-state index contributed by atoms with van der Waals surface area (Å²) >= 11 is 0. The van der Waals surface area contributed by atoms with Gasteiger partial charge >= 0.3 is 0 Å². The molecule has 2 heteroatoms. The zero-order valence-corrected chi connectivity index (χ0v) is 14.0. The van der Waals surface area contributed by atoms with Gasteiger partial charge in [-0.2, -0.15) is 5.26 Å². The second kappa shape index (κ2) is 5.46. The van der Waals surface area contributed by atoms with E-state index in [2.05, 4.69) is 45.9 Å². The van der Waals surface area contributed by atoms with Crippen LogP contribution >= 0.6 is 0 Å². The number of hydrogen-bond donors (Lipinski definition) is 1. The minimum absolute atomic E-state index is 0.290. The number of aliphatic hydroxyl groups is 1. The fraction of sp³-hybridized carbons (Fsp3) is 0.632. The summed E-state index contributed by atoms with van der Waals surface area (Å²) in [5.74, 6) is 0. The Hall–Kier alpha value is -1.33. The summed E-state index contributed by atoms with van der Waals surface area (Å²) in [5.41, 5.74) is 4.10. The van der Waals surface area contributed by atoms with E-state index in [1.807, 2.05) is 6.92 Å². The van der Waals surface area contributed by atoms with E-state index in [0.717, 1.165) is 36.8 Å². The molecule has 1 fully saturated rings. The van der Waals surface area contributed by atoms with Crippen LogP contribution in [-0.4, -0.2) is 5.11 Å². The number of benzene rings is 1. The smallest absolute Gasteiger partial charge is 0.0978 e. The fourth-order valence-electron chi connectivity index (χ4n) is 3.39. The van der Waals surface area contributed by atoms with Gasteiger partial charge in [-0.25, -0.2) is 0 Å². The molecule has 0 amide bonds. The predicted octanol–water partition coefficient (Wildman–Crippen LogP) is 4.76. The third-order valence-electron chi connectivity index (χ3n) is 5.42. The highest BCUT2D eigenvalue weighted by atomic mass is 16.3. The van der Waals surface area contributed by atoms with Gasteiger partial charge in [0.25, 0.3) is 0 Å². The Balaban J connectivity index is 2.36. The van der Waals surface area contributed by atoms with Gasteiger partial charge in [0.2, 0.25) is 0 Å². The van der Waals surface area contributed by atoms with Crippen molar-refractivity contribution in [2.75, 3.05) is 0 Å². The largest absolute Gasteiger partial charge is 0.387 e. The molecule has 1 N–H and O–H groups in total. The van der Waals surface area contributed by atoms with E-state index in [-0.39, 0.29) is 5.41 Å². The molecule has 0 aromatic heterocycles. The number of aliphatic hydroxyl groups excluding tert-OH is 1. The highest BCUT2D eigenvalue weighted by molar-refractivity contribution is 5.39. The Morgan fingerprint density at radius 2 is 1.52 bits per heavy atom. The van der Waals surface area contributed by atoms with E-state index in [0.29, 0.717) is 0 Å². The van der Waals surface area contributed by atoms with Crippen molar-refractivity contribution in [3.05, 3.63) is 34.4 Å². The van der Waals surface area contributed by atoms with Gasteiger partial charge < -0.3 is 5.11 Å². The van der Waals surface area contributed by atoms with Crippen molar-refractivity contribution in [2.24, 2.45) is 10.8 Å². The Kier molecular flexibility index (Phi) is 4.17. The highest BCUT2D eigenvalue weighted by Crippen LogP contribution is 2.51. The minimum atomic E-state index is -0.683. The van der Waals surface area contributed by atoms with E-state index in [4.69, 9.17) is 0 Å². The van der Waals surface area contributed by atoms with Crippen molar-refractivity contribution in [2.45, 2.75) is 66.4 Å². The maximum absolute atomic E-state index is 10.9. The van der Waals surface area contributed by atoms with Crippen molar-refractivity contribution >= 4 is 0 Å². The maximum atomic E-state index is 10.9. The summed E-state index contributed by atoms with van der Waals surface area (Å²) in [7, 11) is 0. The molecule has 1 aromatic rings. The number of nitrogens with zero attached hydrogens (tertiary/aromatic N) is 1. The SMILES string of the molecule is Cc1cc(C)c(C(O)C2(C#N)CCC(C)(C)CC2)cc1C. The lowest BCUT2D eigenvalue weighted by molar-refractivity contribution is 0.00916. The number of aryl methyl sites for hydroxylation is 3. The molecule has 0 bridgehead atoms. The summed E-state index contributed by atoms with van der Waals surface area (Å²) in [4.78, 5) is 0. The molecule has 114 valence electrons. The average molecular weight is 285 g/mol. The van der Waals surface area contributed by atoms with Crippen LogP contribution in [0.15, 0.2) is 12.1 Å². The summed E-state index contributed by atoms with van der Waals surface area (Å²) in [6.07, 6.45) is 2.88. The van der Waals surface area contributed by atoms with Crippen LogP contribution in [0.1, 0.15) is 67.9 Å². The molecule has 1 aliphatic rings. The maximum Gasteiger partial charge on any atom is 0.0978 e. The van der Waals surface area contributed by atoms with E-state index in [9.17, 15) is 10.4 Å². The van der Waals surface area contributed by atoms with Gasteiger partial charge in [0.15, 0.2) is 0 Å². The first kappa shape index (κ1) is 16.0. The molecule has 0 heterocycles. The minimum Gasteiger partial charge on any atom is -0.387 e. The molecule has 0 spiro atoms. The van der Waals surface area contributed by atoms with Crippen LogP contribution in [0.25, 0.3) is 0 Å². The Labute approximate surface area is 128 Å². The van der Waals surface area contributed by atoms with Crippen LogP contribution in [0, 0.1) is 42.9 Å². The monoisotopic (exact) mass is 285 g/mol. The van der Waals surface area contributed by atoms with E-state index < -0.39 is 11.5 Å². The second-order valence-corrected chi connectivity index (χ2v) is 7.63. The molecule has 21 heavy (non-hydrogen) atoms. The lowest BCUT2D eigenvalue weighted by atomic mass is 9.62. The third kappa shape index (κ3) is 2.99. The van der Waals surface area contributed by atoms with Crippen molar-refractivity contribution in [3.63, 3.8) is 0 Å². The summed E-state index contributed by atoms with van der Waals surface area (Å²) in [5, 5.41) is 20.7. The molecular formula is C19H27NO. The van der Waals surface area contributed by atoms with Gasteiger partial charge in [-0.3, -0.25) is 0 Å². The van der Waals surface area contributed by atoms with Gasteiger partial charge in [0.1, 0.15) is 0 Å². The first-order valence-corrected chi connectivity index (χ1v) is 7.88. The number of hydrogen-bond acceptors (Lipinski definition) is 2. The summed E-state index contributed by atoms with van der Waals surface area (Å²) < 4.78 is 0. The number of rotatable bonds is 2. The molecule has 1 unspecified atom stereocenters. The molecule has 1 atom stereocenters. The lowest BCUT2D eigenvalue weighted by Crippen LogP contribution is -2.35. The molecule has 1 aromatic carbocycles. The third-order valence-corrected chi connectivity index (χ3v) is 5.42. The molecule has 2 rings (SSSR count). The molecule has 1 aliphatic carbocycles. The highest BCUT2D eigenvalue weighted by Gasteiger charge is 2.44. The lowest BCUT2D eigenvalue weighted by Gasteiger charge is -2.42. The van der Waals surface area contributed by atoms with Crippen molar-refractivity contribution in [1.29, 1.82) is 5.26 Å². The van der Waals surface area contributed by atoms with E-state index >= 15 is 0 Å². The van der Waals surface area contributed by atoms with Crippen molar-refractivity contribution in [1.82, 2.24) is 0 Å². The van der Waals surface area contributed by atoms with Gasteiger partial charge in [-0.1, -0.05) is 26.0 Å². The molecule has 1 saturated carbocycles. The van der Waals surface area contributed by atoms with Gasteiger partial charge in [0, 0.05) is 0 Å². The van der Waals surface area contributed by atoms with Gasteiger partial charge in [0.05, 0.1) is 17.6 Å². The van der Waals surface area contributed by atoms with E-state index in [1.165, 1.54) is 11.1 Å². The van der Waals surface area contributed by atoms with E-state index in [1.54, 1.807) is 0 Å². The summed E-state index contributed by atoms with van der Waals surface area (Å²) in [6.45, 7) is 10.7. The normalized spacial score (nSPS) is 21.6. The fourth-order valence-corrected chi connectivity index (χ4v) is 3.39. The standard InChI is InChI=1S/C19H27NO/c1-13-10-15(3)16(11-14(13)2)17(21)19(12-20)8-6-18(4,5)7-9-19/h10-11,17,21H,6-9H2,1-5H3. The molecule has 0 aliphatic heterocycles. The first-order chi connectivity index (χ1) is 9.71. The molecular weight excluding hydrogens is 258 g/mol. The quantitative estimate of drug-likeness (QED) is 0.851. The zero-order chi connectivity index (χ0) is 15.8. The van der Waals surface area contributed by atoms with Crippen molar-refractivity contribution in [3.8, 4) is 6.07 Å². The Bertz CT molecular complexity index is 570. The predicted molar refractivity (Wildman–Crippen MR) is 85.9 cm³/mol. The van der Waals surface area contributed by atoms with Crippen LogP contribution in [0.4, 0.5) is 0 Å². The first-order valence-electron chi connectivity index (χ1n) is 7.88. The van der Waals surface area contributed by atoms with Gasteiger partial charge in [-0.05, 0) is 74.1 Å². The average Bonchev–Trinajstić information content (AvgIpc) is 2.43. The van der Waals surface area contributed by atoms with Crippen LogP contribution < -0.4 is 0 Å². The van der Waals surface area contributed by atoms with Crippen LogP contribution in [0.3, 0.4) is 0 Å². The molecule has 2 nitrogen and oxygen atoms in total. The summed E-state index contributed by atoms with van der Waals surface area (Å²) in [6, 6.07) is 6.65. The van der Waals surface area contributed by atoms with Crippen molar-refractivity contribution < 1.29 is 5.11 Å². The Morgan fingerprint density at radius 1 is 1.00 bits per heavy atom. The van der Waals surface area contributed by atoms with Crippen LogP contribution in [0.2, 0.25) is 0 Å². The molecule has 0 saturated heterocycles. The van der Waals surface area contributed by atoms with Crippen LogP contribution in [-0.2, 0) is 0 Å². The second-order valence-electron chi connectivity index (χ2n) is 7.63. The van der Waals surface area contributed by atoms with Crippen LogP contribution in [0.5, 0.6) is 0 Å². The Morgan fingerprint density at radius 3 is 2.05 bits per heavy atom.